The molecule has 3 N–H and O–H groups in total. The van der Waals surface area contributed by atoms with Gasteiger partial charge in [0.25, 0.3) is 0 Å². The summed E-state index contributed by atoms with van der Waals surface area (Å²) in [7, 11) is 0. The first kappa shape index (κ1) is 25.8. The summed E-state index contributed by atoms with van der Waals surface area (Å²) in [5, 5.41) is 10.6. The number of hydrogen-bond donors (Lipinski definition) is 2. The van der Waals surface area contributed by atoms with Gasteiger partial charge in [0.1, 0.15) is 6.33 Å². The van der Waals surface area contributed by atoms with Gasteiger partial charge in [0.2, 0.25) is 5.91 Å². The summed E-state index contributed by atoms with van der Waals surface area (Å²) in [6, 6.07) is 5.10. The molecule has 2 aromatic heterocycles. The number of aromatic nitrogens is 4. The van der Waals surface area contributed by atoms with E-state index in [1.807, 2.05) is 28.2 Å². The van der Waals surface area contributed by atoms with Gasteiger partial charge in [0.05, 0.1) is 24.5 Å². The number of primary amides is 1. The highest BCUT2D eigenvalue weighted by atomic mass is 19.4. The van der Waals surface area contributed by atoms with Crippen molar-refractivity contribution in [2.24, 2.45) is 11.7 Å². The molecule has 1 aromatic carbocycles. The number of piperidine rings is 1. The van der Waals surface area contributed by atoms with E-state index in [9.17, 15) is 23.1 Å². The average molecular weight is 506 g/mol. The van der Waals surface area contributed by atoms with Gasteiger partial charge in [-0.1, -0.05) is 12.1 Å². The molecule has 3 heterocycles. The number of amides is 1. The molecule has 36 heavy (non-hydrogen) atoms. The van der Waals surface area contributed by atoms with E-state index in [0.717, 1.165) is 12.1 Å². The van der Waals surface area contributed by atoms with E-state index in [4.69, 9.17) is 5.73 Å². The Bertz CT molecular complexity index is 1200. The number of β-amino-alcohol motifs (C(OH)–C–C–N with tert-alkyl or cyclic N) is 1. The van der Waals surface area contributed by atoms with Gasteiger partial charge in [-0.25, -0.2) is 15.0 Å². The first-order chi connectivity index (χ1) is 17.0. The van der Waals surface area contributed by atoms with Gasteiger partial charge in [-0.2, -0.15) is 13.2 Å². The summed E-state index contributed by atoms with van der Waals surface area (Å²) in [5.74, 6) is 0.125. The second-order valence-electron chi connectivity index (χ2n) is 9.50. The van der Waals surface area contributed by atoms with Crippen molar-refractivity contribution in [2.45, 2.75) is 51.7 Å². The van der Waals surface area contributed by atoms with Gasteiger partial charge in [-0.15, -0.1) is 0 Å². The van der Waals surface area contributed by atoms with Crippen LogP contribution in [-0.4, -0.2) is 67.2 Å². The van der Waals surface area contributed by atoms with Crippen molar-refractivity contribution in [3.63, 3.8) is 0 Å². The minimum Gasteiger partial charge on any atom is -0.391 e. The van der Waals surface area contributed by atoms with Crippen molar-refractivity contribution in [2.75, 3.05) is 24.5 Å². The lowest BCUT2D eigenvalue weighted by Gasteiger charge is -2.35. The molecule has 0 aliphatic carbocycles. The molecule has 1 fully saturated rings. The summed E-state index contributed by atoms with van der Waals surface area (Å²) < 4.78 is 40.7. The Morgan fingerprint density at radius 2 is 1.94 bits per heavy atom. The number of aliphatic hydroxyl groups is 1. The number of fused-ring (bicyclic) bond motifs is 1. The minimum atomic E-state index is -4.38. The summed E-state index contributed by atoms with van der Waals surface area (Å²) in [4.78, 5) is 28.4. The Morgan fingerprint density at radius 1 is 1.22 bits per heavy atom. The third-order valence-electron chi connectivity index (χ3n) is 6.53. The highest BCUT2D eigenvalue weighted by molar-refractivity contribution is 5.83. The number of alkyl halides is 3. The van der Waals surface area contributed by atoms with E-state index >= 15 is 0 Å². The third-order valence-corrected chi connectivity index (χ3v) is 6.53. The van der Waals surface area contributed by atoms with E-state index in [0.29, 0.717) is 55.1 Å². The number of carbonyl (C=O) groups is 1. The summed E-state index contributed by atoms with van der Waals surface area (Å²) >= 11 is 0. The van der Waals surface area contributed by atoms with Crippen LogP contribution in [0.3, 0.4) is 0 Å². The van der Waals surface area contributed by atoms with Crippen LogP contribution in [0.15, 0.2) is 36.9 Å². The second kappa shape index (κ2) is 10.4. The topological polar surface area (TPSA) is 113 Å². The molecule has 1 amide bonds. The zero-order valence-electron chi connectivity index (χ0n) is 20.2. The van der Waals surface area contributed by atoms with Crippen LogP contribution in [0.5, 0.6) is 0 Å². The molecule has 4 rings (SSSR count). The molecule has 1 saturated heterocycles. The molecule has 1 aliphatic heterocycles. The Kier molecular flexibility index (Phi) is 7.46. The van der Waals surface area contributed by atoms with Gasteiger partial charge in [0.15, 0.2) is 17.0 Å². The van der Waals surface area contributed by atoms with Crippen LogP contribution in [0.4, 0.5) is 19.0 Å². The smallest absolute Gasteiger partial charge is 0.391 e. The Labute approximate surface area is 206 Å². The minimum absolute atomic E-state index is 0.00746. The molecule has 1 aliphatic rings. The quantitative estimate of drug-likeness (QED) is 0.483. The number of hydrogen-bond acceptors (Lipinski definition) is 7. The molecule has 0 spiro atoms. The first-order valence-electron chi connectivity index (χ1n) is 11.8. The van der Waals surface area contributed by atoms with Crippen molar-refractivity contribution in [1.29, 1.82) is 0 Å². The predicted octanol–water partition coefficient (Wildman–Crippen LogP) is 2.43. The highest BCUT2D eigenvalue weighted by Gasteiger charge is 2.31. The Morgan fingerprint density at radius 3 is 2.56 bits per heavy atom. The van der Waals surface area contributed by atoms with Gasteiger partial charge in [0, 0.05) is 31.6 Å². The molecule has 2 atom stereocenters. The van der Waals surface area contributed by atoms with Gasteiger partial charge >= 0.3 is 6.18 Å². The monoisotopic (exact) mass is 505 g/mol. The van der Waals surface area contributed by atoms with Crippen molar-refractivity contribution in [3.8, 4) is 0 Å². The zero-order valence-corrected chi connectivity index (χ0v) is 20.2. The maximum absolute atomic E-state index is 12.9. The van der Waals surface area contributed by atoms with Crippen LogP contribution in [0.2, 0.25) is 0 Å². The largest absolute Gasteiger partial charge is 0.416 e. The molecule has 0 radical (unpaired) electrons. The van der Waals surface area contributed by atoms with E-state index in [2.05, 4.69) is 15.0 Å². The maximum Gasteiger partial charge on any atom is 0.416 e. The van der Waals surface area contributed by atoms with E-state index < -0.39 is 23.8 Å². The van der Waals surface area contributed by atoms with Crippen LogP contribution in [0.25, 0.3) is 11.2 Å². The molecule has 0 bridgehead atoms. The fourth-order valence-corrected chi connectivity index (χ4v) is 4.59. The molecule has 9 nitrogen and oxygen atoms in total. The molecular weight excluding hydrogens is 475 g/mol. The summed E-state index contributed by atoms with van der Waals surface area (Å²) in [6.45, 7) is 5.96. The molecule has 194 valence electrons. The van der Waals surface area contributed by atoms with Gasteiger partial charge in [-0.3, -0.25) is 9.69 Å². The number of carbonyl (C=O) groups excluding carboxylic acids is 1. The predicted molar refractivity (Wildman–Crippen MR) is 128 cm³/mol. The van der Waals surface area contributed by atoms with E-state index in [-0.39, 0.29) is 18.5 Å². The number of aliphatic hydroxyl groups excluding tert-OH is 1. The number of halogens is 3. The van der Waals surface area contributed by atoms with Crippen molar-refractivity contribution >= 4 is 22.9 Å². The lowest BCUT2D eigenvalue weighted by Crippen LogP contribution is -2.47. The maximum atomic E-state index is 12.9. The third kappa shape index (κ3) is 5.76. The summed E-state index contributed by atoms with van der Waals surface area (Å²) in [5.41, 5.74) is 6.50. The second-order valence-corrected chi connectivity index (χ2v) is 9.50. The highest BCUT2D eigenvalue weighted by Crippen LogP contribution is 2.30. The Hall–Kier alpha value is -3.25. The van der Waals surface area contributed by atoms with Crippen LogP contribution >= 0.6 is 0 Å². The van der Waals surface area contributed by atoms with E-state index in [1.54, 1.807) is 6.33 Å². The van der Waals surface area contributed by atoms with Crippen LogP contribution in [0, 0.1) is 5.92 Å². The molecule has 1 unspecified atom stereocenters. The lowest BCUT2D eigenvalue weighted by atomic mass is 9.93. The SMILES string of the molecule is CC(C)N(Cc1ccc(C(F)(F)F)cc1)c1ncnc2c1ncn2CC1CCN(CC(N)=O)C[C@@H]1O. The zero-order chi connectivity index (χ0) is 26.0. The fourth-order valence-electron chi connectivity index (χ4n) is 4.59. The molecule has 12 heteroatoms. The number of imidazole rings is 1. The first-order valence-corrected chi connectivity index (χ1v) is 11.8. The molecule has 0 saturated carbocycles. The molecule has 3 aromatic rings. The number of rotatable bonds is 8. The average Bonchev–Trinajstić information content (AvgIpc) is 3.21. The molecular formula is C24H30F3N7O2. The fraction of sp³-hybridized carbons (Fsp3) is 0.500. The van der Waals surface area contributed by atoms with Crippen LogP contribution in [0.1, 0.15) is 31.4 Å². The number of anilines is 1. The number of nitrogens with zero attached hydrogens (tertiary/aromatic N) is 6. The number of benzene rings is 1. The summed E-state index contributed by atoms with van der Waals surface area (Å²) in [6.07, 6.45) is -1.19. The van der Waals surface area contributed by atoms with Crippen LogP contribution in [-0.2, 0) is 24.1 Å². The van der Waals surface area contributed by atoms with E-state index in [1.165, 1.54) is 18.5 Å². The van der Waals surface area contributed by atoms with Gasteiger partial charge in [-0.05, 0) is 44.5 Å². The van der Waals surface area contributed by atoms with Crippen molar-refractivity contribution in [1.82, 2.24) is 24.4 Å². The normalized spacial score (nSPS) is 19.2. The van der Waals surface area contributed by atoms with Crippen molar-refractivity contribution < 1.29 is 23.1 Å². The standard InChI is InChI=1S/C24H30F3N7O2/c1-15(2)34(9-16-3-5-18(6-4-16)24(25,26)27)23-21-22(29-13-30-23)33(14-31-21)10-17-7-8-32(11-19(17)35)12-20(28)36/h3-6,13-15,17,19,35H,7-12H2,1-2H3,(H2,28,36)/t17?,19-/m0/s1. The van der Waals surface area contributed by atoms with Crippen molar-refractivity contribution in [3.05, 3.63) is 48.0 Å². The number of likely N-dealkylation sites (tertiary alicyclic amines) is 1. The lowest BCUT2D eigenvalue weighted by molar-refractivity contribution is -0.137. The number of nitrogens with two attached hydrogens (primary N) is 1. The van der Waals surface area contributed by atoms with Crippen LogP contribution < -0.4 is 10.6 Å². The Balaban J connectivity index is 1.54. The van der Waals surface area contributed by atoms with Gasteiger partial charge < -0.3 is 20.3 Å².